The van der Waals surface area contributed by atoms with Gasteiger partial charge in [-0.15, -0.1) is 4.91 Å². The molecule has 0 bridgehead atoms. The van der Waals surface area contributed by atoms with E-state index in [2.05, 4.69) is 10.5 Å². The number of hydrogen-bond acceptors (Lipinski definition) is 6. The molecule has 0 aliphatic heterocycles. The van der Waals surface area contributed by atoms with E-state index in [0.29, 0.717) is 17.1 Å². The highest BCUT2D eigenvalue weighted by molar-refractivity contribution is 6.06. The highest BCUT2D eigenvalue weighted by Gasteiger charge is 2.23. The predicted octanol–water partition coefficient (Wildman–Crippen LogP) is 2.99. The Kier molecular flexibility index (Phi) is 5.58. The van der Waals surface area contributed by atoms with Crippen molar-refractivity contribution in [2.24, 2.45) is 12.2 Å². The van der Waals surface area contributed by atoms with Crippen LogP contribution in [0.2, 0.25) is 0 Å². The molecule has 1 aromatic heterocycles. The number of carboxylic acids is 1. The molecule has 3 aromatic rings. The van der Waals surface area contributed by atoms with Gasteiger partial charge in [-0.2, -0.15) is 0 Å². The third-order valence-electron chi connectivity index (χ3n) is 4.42. The van der Waals surface area contributed by atoms with Crippen molar-refractivity contribution in [3.8, 4) is 11.5 Å². The van der Waals surface area contributed by atoms with E-state index >= 15 is 0 Å². The fraction of sp³-hybridized carbons (Fsp3) is 0.150. The number of carbonyl (C=O) groups is 2. The zero-order chi connectivity index (χ0) is 22.0. The molecule has 2 N–H and O–H groups in total. The molecule has 1 amide bonds. The summed E-state index contributed by atoms with van der Waals surface area (Å²) in [7, 11) is 1.39. The number of aromatic nitrogens is 1. The molecule has 0 unspecified atom stereocenters. The van der Waals surface area contributed by atoms with Gasteiger partial charge in [0.25, 0.3) is 11.5 Å². The average Bonchev–Trinajstić information content (AvgIpc) is 2.70. The number of carbonyl (C=O) groups excluding carboxylic acids is 1. The number of nitrogens with one attached hydrogen (secondary N) is 1. The van der Waals surface area contributed by atoms with Crippen LogP contribution >= 0.6 is 0 Å². The van der Waals surface area contributed by atoms with Crippen LogP contribution < -0.4 is 15.6 Å². The first-order valence-electron chi connectivity index (χ1n) is 8.67. The van der Waals surface area contributed by atoms with Crippen molar-refractivity contribution in [3.05, 3.63) is 68.6 Å². The normalized spacial score (nSPS) is 10.6. The summed E-state index contributed by atoms with van der Waals surface area (Å²) in [4.78, 5) is 47.1. The third kappa shape index (κ3) is 3.88. The molecule has 0 saturated heterocycles. The summed E-state index contributed by atoms with van der Waals surface area (Å²) in [5.74, 6) is -2.02. The Labute approximate surface area is 168 Å². The van der Waals surface area contributed by atoms with E-state index in [-0.39, 0.29) is 10.9 Å². The molecule has 10 heteroatoms. The van der Waals surface area contributed by atoms with Gasteiger partial charge in [0.15, 0.2) is 0 Å². The first kappa shape index (κ1) is 20.6. The number of aliphatic carboxylic acids is 1. The van der Waals surface area contributed by atoms with Gasteiger partial charge < -0.3 is 19.7 Å². The molecule has 0 atom stereocenters. The molecule has 154 valence electrons. The zero-order valence-corrected chi connectivity index (χ0v) is 15.9. The number of amides is 1. The maximum Gasteiger partial charge on any atom is 0.322 e. The van der Waals surface area contributed by atoms with Crippen LogP contribution in [-0.2, 0) is 11.8 Å². The summed E-state index contributed by atoms with van der Waals surface area (Å²) in [5, 5.41) is 13.8. The molecular weight excluding hydrogens is 397 g/mol. The number of hydrogen-bond donors (Lipinski definition) is 2. The van der Waals surface area contributed by atoms with Gasteiger partial charge in [0.05, 0.1) is 5.52 Å². The number of aryl methyl sites for hydroxylation is 2. The summed E-state index contributed by atoms with van der Waals surface area (Å²) in [5.41, 5.74) is -0.953. The Morgan fingerprint density at radius 1 is 1.23 bits per heavy atom. The molecule has 3 rings (SSSR count). The first-order chi connectivity index (χ1) is 14.2. The molecule has 0 saturated carbocycles. The van der Waals surface area contributed by atoms with Crippen LogP contribution in [0.15, 0.2) is 46.4 Å². The number of carboxylic acid groups (broad SMARTS) is 1. The number of nitrogens with zero attached hydrogens (tertiary/aromatic N) is 2. The Bertz CT molecular complexity index is 1250. The summed E-state index contributed by atoms with van der Waals surface area (Å²) >= 11 is 0. The Hall–Kier alpha value is -4.08. The summed E-state index contributed by atoms with van der Waals surface area (Å²) in [6, 6.07) is 8.45. The van der Waals surface area contributed by atoms with Crippen molar-refractivity contribution in [2.75, 3.05) is 6.54 Å². The number of halogens is 1. The fourth-order valence-corrected chi connectivity index (χ4v) is 2.96. The van der Waals surface area contributed by atoms with Crippen molar-refractivity contribution < 1.29 is 23.8 Å². The monoisotopic (exact) mass is 413 g/mol. The molecule has 0 fully saturated rings. The molecule has 0 aliphatic carbocycles. The van der Waals surface area contributed by atoms with Gasteiger partial charge in [-0.1, -0.05) is 0 Å². The summed E-state index contributed by atoms with van der Waals surface area (Å²) in [6.45, 7) is 0.952. The minimum atomic E-state index is -1.31. The molecule has 2 aromatic carbocycles. The van der Waals surface area contributed by atoms with Crippen molar-refractivity contribution in [3.63, 3.8) is 0 Å². The SMILES string of the molecule is Cc1cc(F)ccc1Oc1ccc2c(N=O)c(C(=O)NCC(=O)O)c(=O)n(C)c2c1. The minimum Gasteiger partial charge on any atom is -0.480 e. The molecule has 0 radical (unpaired) electrons. The predicted molar refractivity (Wildman–Crippen MR) is 106 cm³/mol. The molecule has 0 spiro atoms. The van der Waals surface area contributed by atoms with Crippen LogP contribution in [-0.4, -0.2) is 28.1 Å². The molecule has 30 heavy (non-hydrogen) atoms. The van der Waals surface area contributed by atoms with E-state index < -0.39 is 41.0 Å². The standard InChI is InChI=1S/C20H16FN3O6/c1-10-7-11(21)3-6-15(10)30-12-4-5-13-14(8-12)24(2)20(28)17(18(13)23-29)19(27)22-9-16(25)26/h3-8H,9H2,1-2H3,(H,22,27)(H,25,26). The lowest BCUT2D eigenvalue weighted by Crippen LogP contribution is -2.35. The van der Waals surface area contributed by atoms with E-state index in [9.17, 15) is 23.7 Å². The number of benzene rings is 2. The second kappa shape index (κ2) is 8.11. The molecular formula is C20H16FN3O6. The van der Waals surface area contributed by atoms with E-state index in [4.69, 9.17) is 9.84 Å². The molecule has 0 aliphatic rings. The zero-order valence-electron chi connectivity index (χ0n) is 15.9. The quantitative estimate of drug-likeness (QED) is 0.598. The smallest absolute Gasteiger partial charge is 0.322 e. The van der Waals surface area contributed by atoms with Gasteiger partial charge >= 0.3 is 5.97 Å². The maximum atomic E-state index is 13.3. The highest BCUT2D eigenvalue weighted by atomic mass is 19.1. The van der Waals surface area contributed by atoms with Crippen LogP contribution in [0.25, 0.3) is 10.9 Å². The summed E-state index contributed by atoms with van der Waals surface area (Å²) < 4.78 is 20.2. The van der Waals surface area contributed by atoms with Gasteiger partial charge in [0.1, 0.15) is 35.1 Å². The number of nitroso groups, excluding NO2 is 1. The van der Waals surface area contributed by atoms with Crippen molar-refractivity contribution in [2.45, 2.75) is 6.92 Å². The second-order valence-corrected chi connectivity index (χ2v) is 6.45. The van der Waals surface area contributed by atoms with E-state index in [1.54, 1.807) is 6.92 Å². The Morgan fingerprint density at radius 3 is 2.60 bits per heavy atom. The van der Waals surface area contributed by atoms with E-state index in [1.807, 2.05) is 0 Å². The lowest BCUT2D eigenvalue weighted by Gasteiger charge is -2.13. The Morgan fingerprint density at radius 2 is 1.97 bits per heavy atom. The Balaban J connectivity index is 2.10. The van der Waals surface area contributed by atoms with Crippen LogP contribution in [0.1, 0.15) is 15.9 Å². The number of ether oxygens (including phenoxy) is 1. The fourth-order valence-electron chi connectivity index (χ4n) is 2.96. The van der Waals surface area contributed by atoms with Crippen LogP contribution in [0, 0.1) is 17.6 Å². The molecule has 1 heterocycles. The largest absolute Gasteiger partial charge is 0.480 e. The average molecular weight is 413 g/mol. The maximum absolute atomic E-state index is 13.3. The number of pyridine rings is 1. The summed E-state index contributed by atoms with van der Waals surface area (Å²) in [6.07, 6.45) is 0. The van der Waals surface area contributed by atoms with Gasteiger partial charge in [0, 0.05) is 18.5 Å². The topological polar surface area (TPSA) is 127 Å². The lowest BCUT2D eigenvalue weighted by atomic mass is 10.1. The molecule has 9 nitrogen and oxygen atoms in total. The van der Waals surface area contributed by atoms with Gasteiger partial charge in [0.2, 0.25) is 0 Å². The van der Waals surface area contributed by atoms with Crippen LogP contribution in [0.5, 0.6) is 11.5 Å². The minimum absolute atomic E-state index is 0.204. The second-order valence-electron chi connectivity index (χ2n) is 6.45. The lowest BCUT2D eigenvalue weighted by molar-refractivity contribution is -0.135. The van der Waals surface area contributed by atoms with Crippen LogP contribution in [0.4, 0.5) is 10.1 Å². The van der Waals surface area contributed by atoms with E-state index in [1.165, 1.54) is 43.4 Å². The van der Waals surface area contributed by atoms with E-state index in [0.717, 1.165) is 4.57 Å². The first-order valence-corrected chi connectivity index (χ1v) is 8.67. The number of rotatable bonds is 6. The van der Waals surface area contributed by atoms with Crippen LogP contribution in [0.3, 0.4) is 0 Å². The van der Waals surface area contributed by atoms with Gasteiger partial charge in [-0.05, 0) is 48.0 Å². The highest BCUT2D eigenvalue weighted by Crippen LogP contribution is 2.32. The third-order valence-corrected chi connectivity index (χ3v) is 4.42. The van der Waals surface area contributed by atoms with Crippen molar-refractivity contribution in [1.29, 1.82) is 0 Å². The van der Waals surface area contributed by atoms with Gasteiger partial charge in [-0.25, -0.2) is 4.39 Å². The van der Waals surface area contributed by atoms with Gasteiger partial charge in [-0.3, -0.25) is 14.4 Å². The van der Waals surface area contributed by atoms with Crippen molar-refractivity contribution >= 4 is 28.5 Å². The number of fused-ring (bicyclic) bond motifs is 1. The van der Waals surface area contributed by atoms with Crippen molar-refractivity contribution in [1.82, 2.24) is 9.88 Å².